The van der Waals surface area contributed by atoms with E-state index in [4.69, 9.17) is 4.74 Å². The molecule has 1 amide bonds. The molecule has 1 N–H and O–H groups in total. The smallest absolute Gasteiger partial charge is 0.341 e. The zero-order valence-corrected chi connectivity index (χ0v) is 16.5. The SMILES string of the molecule is CCOC(=O)c1c(NC(=O)c2ccc3ncsc3c2)sc2c1CCCS2. The average molecular weight is 405 g/mol. The van der Waals surface area contributed by atoms with Crippen LogP contribution in [0.25, 0.3) is 10.2 Å². The van der Waals surface area contributed by atoms with Crippen molar-refractivity contribution in [2.24, 2.45) is 0 Å². The van der Waals surface area contributed by atoms with Crippen molar-refractivity contribution >= 4 is 61.5 Å². The number of nitrogens with zero attached hydrogens (tertiary/aromatic N) is 1. The van der Waals surface area contributed by atoms with E-state index < -0.39 is 0 Å². The average Bonchev–Trinajstić information content (AvgIpc) is 3.25. The number of anilines is 1. The second-order valence-electron chi connectivity index (χ2n) is 5.73. The highest BCUT2D eigenvalue weighted by atomic mass is 32.2. The van der Waals surface area contributed by atoms with E-state index >= 15 is 0 Å². The first-order chi connectivity index (χ1) is 12.7. The largest absolute Gasteiger partial charge is 0.462 e. The molecule has 4 rings (SSSR count). The Kier molecular flexibility index (Phi) is 4.97. The molecule has 8 heteroatoms. The molecule has 0 saturated carbocycles. The number of rotatable bonds is 4. The first kappa shape index (κ1) is 17.5. The highest BCUT2D eigenvalue weighted by molar-refractivity contribution is 8.01. The summed E-state index contributed by atoms with van der Waals surface area (Å²) < 4.78 is 7.29. The van der Waals surface area contributed by atoms with Crippen LogP contribution in [-0.4, -0.2) is 29.2 Å². The number of amides is 1. The second-order valence-corrected chi connectivity index (χ2v) is 9.00. The summed E-state index contributed by atoms with van der Waals surface area (Å²) >= 11 is 4.70. The van der Waals surface area contributed by atoms with Crippen LogP contribution in [0, 0.1) is 0 Å². The van der Waals surface area contributed by atoms with E-state index in [0.717, 1.165) is 38.6 Å². The first-order valence-electron chi connectivity index (χ1n) is 8.27. The number of aromatic nitrogens is 1. The number of thiazole rings is 1. The Morgan fingerprint density at radius 1 is 1.35 bits per heavy atom. The molecule has 134 valence electrons. The molecule has 3 aromatic rings. The van der Waals surface area contributed by atoms with Gasteiger partial charge in [0.1, 0.15) is 5.00 Å². The molecule has 0 unspecified atom stereocenters. The van der Waals surface area contributed by atoms with Crippen LogP contribution >= 0.6 is 34.4 Å². The van der Waals surface area contributed by atoms with E-state index in [2.05, 4.69) is 10.3 Å². The Morgan fingerprint density at radius 3 is 3.08 bits per heavy atom. The van der Waals surface area contributed by atoms with Gasteiger partial charge in [-0.05, 0) is 49.3 Å². The molecule has 3 heterocycles. The number of carbonyl (C=O) groups is 2. The van der Waals surface area contributed by atoms with Crippen LogP contribution in [0.3, 0.4) is 0 Å². The van der Waals surface area contributed by atoms with Crippen LogP contribution in [0.2, 0.25) is 0 Å². The number of ether oxygens (including phenoxy) is 1. The van der Waals surface area contributed by atoms with Gasteiger partial charge in [-0.1, -0.05) is 0 Å². The fraction of sp³-hybridized carbons (Fsp3) is 0.278. The van der Waals surface area contributed by atoms with Crippen molar-refractivity contribution in [1.29, 1.82) is 0 Å². The topological polar surface area (TPSA) is 68.3 Å². The summed E-state index contributed by atoms with van der Waals surface area (Å²) in [5.74, 6) is 0.445. The van der Waals surface area contributed by atoms with Gasteiger partial charge in [-0.15, -0.1) is 34.4 Å². The van der Waals surface area contributed by atoms with Gasteiger partial charge in [0.15, 0.2) is 0 Å². The van der Waals surface area contributed by atoms with Gasteiger partial charge in [0.05, 0.1) is 32.1 Å². The van der Waals surface area contributed by atoms with E-state index in [1.54, 1.807) is 30.3 Å². The van der Waals surface area contributed by atoms with Crippen molar-refractivity contribution in [1.82, 2.24) is 4.98 Å². The lowest BCUT2D eigenvalue weighted by Gasteiger charge is -2.12. The molecule has 1 aliphatic heterocycles. The Labute approximate surface area is 162 Å². The fourth-order valence-electron chi connectivity index (χ4n) is 2.88. The van der Waals surface area contributed by atoms with Crippen molar-refractivity contribution in [3.8, 4) is 0 Å². The zero-order valence-electron chi connectivity index (χ0n) is 14.0. The fourth-order valence-corrected chi connectivity index (χ4v) is 6.15. The van der Waals surface area contributed by atoms with Gasteiger partial charge < -0.3 is 10.1 Å². The number of fused-ring (bicyclic) bond motifs is 2. The summed E-state index contributed by atoms with van der Waals surface area (Å²) in [5, 5.41) is 3.51. The minimum atomic E-state index is -0.360. The van der Waals surface area contributed by atoms with Crippen LogP contribution in [-0.2, 0) is 11.2 Å². The lowest BCUT2D eigenvalue weighted by molar-refractivity contribution is 0.0526. The number of benzene rings is 1. The third kappa shape index (κ3) is 3.24. The number of thiophene rings is 1. The van der Waals surface area contributed by atoms with Crippen LogP contribution in [0.4, 0.5) is 5.00 Å². The summed E-state index contributed by atoms with van der Waals surface area (Å²) in [7, 11) is 0. The van der Waals surface area contributed by atoms with Crippen molar-refractivity contribution < 1.29 is 14.3 Å². The standard InChI is InChI=1S/C18H16N2O3S3/c1-2-23-17(22)14-11-4-3-7-24-18(11)26-16(14)20-15(21)10-5-6-12-13(8-10)25-9-19-12/h5-6,8-9H,2-4,7H2,1H3,(H,20,21). The summed E-state index contributed by atoms with van der Waals surface area (Å²) in [5.41, 5.74) is 4.72. The number of hydrogen-bond acceptors (Lipinski definition) is 7. The van der Waals surface area contributed by atoms with Gasteiger partial charge in [0.2, 0.25) is 0 Å². The number of carbonyl (C=O) groups excluding carboxylic acids is 2. The molecule has 2 aromatic heterocycles. The summed E-state index contributed by atoms with van der Waals surface area (Å²) in [6.45, 7) is 2.10. The normalized spacial score (nSPS) is 13.4. The van der Waals surface area contributed by atoms with Crippen molar-refractivity contribution in [3.05, 3.63) is 40.4 Å². The van der Waals surface area contributed by atoms with Crippen molar-refractivity contribution in [3.63, 3.8) is 0 Å². The molecule has 0 spiro atoms. The number of esters is 1. The Bertz CT molecular complexity index is 993. The van der Waals surface area contributed by atoms with Gasteiger partial charge in [-0.25, -0.2) is 9.78 Å². The Hall–Kier alpha value is -1.90. The second kappa shape index (κ2) is 7.38. The third-order valence-corrected chi connectivity index (χ3v) is 7.41. The summed E-state index contributed by atoms with van der Waals surface area (Å²) in [6, 6.07) is 5.42. The zero-order chi connectivity index (χ0) is 18.1. The quantitative estimate of drug-likeness (QED) is 0.631. The van der Waals surface area contributed by atoms with E-state index in [1.807, 2.05) is 12.1 Å². The van der Waals surface area contributed by atoms with E-state index in [-0.39, 0.29) is 11.9 Å². The van der Waals surface area contributed by atoms with Crippen LogP contribution < -0.4 is 5.32 Å². The monoisotopic (exact) mass is 404 g/mol. The van der Waals surface area contributed by atoms with Gasteiger partial charge >= 0.3 is 5.97 Å². The maximum absolute atomic E-state index is 12.7. The molecule has 26 heavy (non-hydrogen) atoms. The molecule has 5 nitrogen and oxygen atoms in total. The molecule has 0 fully saturated rings. The maximum Gasteiger partial charge on any atom is 0.341 e. The Balaban J connectivity index is 1.67. The molecule has 1 aromatic carbocycles. The molecule has 0 atom stereocenters. The van der Waals surface area contributed by atoms with Gasteiger partial charge in [0, 0.05) is 5.56 Å². The predicted octanol–water partition coefficient (Wildman–Crippen LogP) is 4.83. The lowest BCUT2D eigenvalue weighted by Crippen LogP contribution is -2.15. The number of hydrogen-bond donors (Lipinski definition) is 1. The lowest BCUT2D eigenvalue weighted by atomic mass is 10.1. The molecule has 0 saturated heterocycles. The van der Waals surface area contributed by atoms with Gasteiger partial charge in [-0.2, -0.15) is 0 Å². The van der Waals surface area contributed by atoms with Gasteiger partial charge in [0.25, 0.3) is 5.91 Å². The molecular formula is C18H16N2O3S3. The van der Waals surface area contributed by atoms with Crippen LogP contribution in [0.1, 0.15) is 39.6 Å². The van der Waals surface area contributed by atoms with Gasteiger partial charge in [-0.3, -0.25) is 4.79 Å². The molecule has 1 aliphatic rings. The first-order valence-corrected chi connectivity index (χ1v) is 11.0. The highest BCUT2D eigenvalue weighted by Crippen LogP contribution is 2.44. The minimum Gasteiger partial charge on any atom is -0.462 e. The van der Waals surface area contributed by atoms with Crippen LogP contribution in [0.15, 0.2) is 27.9 Å². The summed E-state index contributed by atoms with van der Waals surface area (Å²) in [6.07, 6.45) is 1.87. The van der Waals surface area contributed by atoms with E-state index in [1.165, 1.54) is 22.7 Å². The molecular weight excluding hydrogens is 388 g/mol. The maximum atomic E-state index is 12.7. The summed E-state index contributed by atoms with van der Waals surface area (Å²) in [4.78, 5) is 29.4. The molecule has 0 aliphatic carbocycles. The third-order valence-electron chi connectivity index (χ3n) is 4.07. The number of thioether (sulfide) groups is 1. The number of nitrogens with one attached hydrogen (secondary N) is 1. The van der Waals surface area contributed by atoms with Crippen molar-refractivity contribution in [2.45, 2.75) is 24.0 Å². The highest BCUT2D eigenvalue weighted by Gasteiger charge is 2.28. The van der Waals surface area contributed by atoms with E-state index in [0.29, 0.717) is 22.7 Å². The Morgan fingerprint density at radius 2 is 2.23 bits per heavy atom. The molecule has 0 bridgehead atoms. The van der Waals surface area contributed by atoms with Crippen molar-refractivity contribution in [2.75, 3.05) is 17.7 Å². The molecule has 0 radical (unpaired) electrons. The van der Waals surface area contributed by atoms with Crippen LogP contribution in [0.5, 0.6) is 0 Å². The van der Waals surface area contributed by atoms with E-state index in [9.17, 15) is 9.59 Å². The predicted molar refractivity (Wildman–Crippen MR) is 107 cm³/mol. The minimum absolute atomic E-state index is 0.227.